The number of aromatic hydroxyl groups is 1. The van der Waals surface area contributed by atoms with Crippen molar-refractivity contribution >= 4 is 22.4 Å². The Balaban J connectivity index is 1.66. The van der Waals surface area contributed by atoms with E-state index in [-0.39, 0.29) is 35.7 Å². The molecule has 0 saturated heterocycles. The van der Waals surface area contributed by atoms with Gasteiger partial charge in [-0.2, -0.15) is 0 Å². The van der Waals surface area contributed by atoms with Crippen LogP contribution in [0.3, 0.4) is 0 Å². The third kappa shape index (κ3) is 5.47. The first-order valence-corrected chi connectivity index (χ1v) is 10.2. The zero-order valence-corrected chi connectivity index (χ0v) is 18.1. The third-order valence-corrected chi connectivity index (χ3v) is 4.87. The number of fused-ring (bicyclic) bond motifs is 1. The summed E-state index contributed by atoms with van der Waals surface area (Å²) in [5.74, 6) is -0.0349. The second kappa shape index (κ2) is 10.1. The molecule has 174 valence electrons. The Morgan fingerprint density at radius 1 is 1.18 bits per heavy atom. The second-order valence-electron chi connectivity index (χ2n) is 7.41. The third-order valence-electron chi connectivity index (χ3n) is 4.87. The highest BCUT2D eigenvalue weighted by molar-refractivity contribution is 5.94. The molecule has 0 aliphatic carbocycles. The summed E-state index contributed by atoms with van der Waals surface area (Å²) in [4.78, 5) is 33.2. The molecule has 3 rings (SSSR count). The maximum atomic E-state index is 11.7. The van der Waals surface area contributed by atoms with Crippen molar-refractivity contribution < 1.29 is 33.8 Å². The molecule has 0 amide bonds. The molecule has 33 heavy (non-hydrogen) atoms. The summed E-state index contributed by atoms with van der Waals surface area (Å²) in [5, 5.41) is 31.1. The Hall–Kier alpha value is -3.92. The van der Waals surface area contributed by atoms with Gasteiger partial charge < -0.3 is 24.1 Å². The molecule has 0 aliphatic rings. The van der Waals surface area contributed by atoms with E-state index in [1.165, 1.54) is 25.1 Å². The number of aryl methyl sites for hydroxylation is 1. The highest BCUT2D eigenvalue weighted by atomic mass is 16.6. The summed E-state index contributed by atoms with van der Waals surface area (Å²) < 4.78 is 16.1. The van der Waals surface area contributed by atoms with Gasteiger partial charge in [0.1, 0.15) is 36.4 Å². The average Bonchev–Trinajstić information content (AvgIpc) is 2.76. The summed E-state index contributed by atoms with van der Waals surface area (Å²) in [6.45, 7) is 3.29. The topological polar surface area (TPSA) is 149 Å². The quantitative estimate of drug-likeness (QED) is 0.202. The van der Waals surface area contributed by atoms with Gasteiger partial charge in [0.15, 0.2) is 5.78 Å². The summed E-state index contributed by atoms with van der Waals surface area (Å²) in [6, 6.07) is 9.17. The van der Waals surface area contributed by atoms with Crippen LogP contribution in [0.25, 0.3) is 11.0 Å². The van der Waals surface area contributed by atoms with Crippen molar-refractivity contribution in [1.82, 2.24) is 0 Å². The minimum atomic E-state index is -1.28. The van der Waals surface area contributed by atoms with Gasteiger partial charge in [-0.1, -0.05) is 13.3 Å². The average molecular weight is 457 g/mol. The first kappa shape index (κ1) is 23.7. The molecule has 0 fully saturated rings. The smallest absolute Gasteiger partial charge is 0.419 e. The largest absolute Gasteiger partial charge is 0.501 e. The molecule has 10 heteroatoms. The number of carbonyl (C=O) groups is 1. The highest BCUT2D eigenvalue weighted by Gasteiger charge is 2.24. The minimum Gasteiger partial charge on any atom is -0.501 e. The van der Waals surface area contributed by atoms with Crippen molar-refractivity contribution in [3.05, 3.63) is 68.1 Å². The lowest BCUT2D eigenvalue weighted by Crippen LogP contribution is -2.25. The van der Waals surface area contributed by atoms with Gasteiger partial charge in [-0.05, 0) is 49.2 Å². The highest BCUT2D eigenvalue weighted by Crippen LogP contribution is 2.33. The number of benzene rings is 2. The number of Topliss-reactive ketones (excluding diaryl/α,β-unsaturated/α-hetero) is 1. The number of nitrogens with zero attached hydrogens (tertiary/aromatic N) is 1. The number of ether oxygens (including phenoxy) is 2. The molecule has 0 saturated carbocycles. The fourth-order valence-electron chi connectivity index (χ4n) is 3.24. The number of aliphatic hydroxyl groups excluding tert-OH is 1. The monoisotopic (exact) mass is 457 g/mol. The molecule has 1 unspecified atom stereocenters. The van der Waals surface area contributed by atoms with E-state index in [1.54, 1.807) is 18.2 Å². The second-order valence-corrected chi connectivity index (χ2v) is 7.41. The lowest BCUT2D eigenvalue weighted by atomic mass is 10.0. The normalized spacial score (nSPS) is 11.8. The number of carbonyl (C=O) groups excluding carboxylic acids is 1. The molecule has 10 nitrogen and oxygen atoms in total. The van der Waals surface area contributed by atoms with E-state index in [2.05, 4.69) is 0 Å². The number of hydrogen-bond acceptors (Lipinski definition) is 9. The van der Waals surface area contributed by atoms with Crippen LogP contribution in [-0.4, -0.2) is 40.2 Å². The maximum absolute atomic E-state index is 11.7. The maximum Gasteiger partial charge on any atom is 0.419 e. The van der Waals surface area contributed by atoms with Crippen LogP contribution in [-0.2, 0) is 6.42 Å². The zero-order chi connectivity index (χ0) is 24.1. The molecule has 2 aromatic carbocycles. The van der Waals surface area contributed by atoms with Crippen molar-refractivity contribution in [3.63, 3.8) is 0 Å². The van der Waals surface area contributed by atoms with Crippen LogP contribution in [0, 0.1) is 10.1 Å². The Kier molecular flexibility index (Phi) is 7.29. The first-order chi connectivity index (χ1) is 15.7. The van der Waals surface area contributed by atoms with Gasteiger partial charge in [-0.15, -0.1) is 0 Å². The number of aliphatic hydroxyl groups is 1. The summed E-state index contributed by atoms with van der Waals surface area (Å²) in [7, 11) is 0. The molecule has 0 bridgehead atoms. The molecule has 2 N–H and O–H groups in total. The van der Waals surface area contributed by atoms with Crippen molar-refractivity contribution in [2.45, 2.75) is 32.8 Å². The summed E-state index contributed by atoms with van der Waals surface area (Å²) >= 11 is 0. The van der Waals surface area contributed by atoms with Gasteiger partial charge in [0.2, 0.25) is 5.75 Å². The van der Waals surface area contributed by atoms with Crippen LogP contribution >= 0.6 is 0 Å². The van der Waals surface area contributed by atoms with E-state index in [1.807, 2.05) is 6.92 Å². The molecule has 0 spiro atoms. The fourth-order valence-corrected chi connectivity index (χ4v) is 3.24. The predicted molar refractivity (Wildman–Crippen MR) is 118 cm³/mol. The van der Waals surface area contributed by atoms with E-state index in [0.717, 1.165) is 18.4 Å². The number of rotatable bonds is 10. The molecule has 0 radical (unpaired) electrons. The van der Waals surface area contributed by atoms with Crippen LogP contribution in [0.1, 0.15) is 36.2 Å². The first-order valence-electron chi connectivity index (χ1n) is 10.2. The Labute approximate surface area is 188 Å². The summed E-state index contributed by atoms with van der Waals surface area (Å²) in [6.07, 6.45) is 0.580. The lowest BCUT2D eigenvalue weighted by Gasteiger charge is -2.16. The van der Waals surface area contributed by atoms with Gasteiger partial charge in [-0.3, -0.25) is 14.9 Å². The number of nitro groups is 1. The van der Waals surface area contributed by atoms with E-state index in [0.29, 0.717) is 11.3 Å². The van der Waals surface area contributed by atoms with Crippen LogP contribution in [0.4, 0.5) is 5.69 Å². The number of hydrogen-bond donors (Lipinski definition) is 2. The van der Waals surface area contributed by atoms with Crippen molar-refractivity contribution in [3.8, 4) is 17.2 Å². The van der Waals surface area contributed by atoms with Crippen LogP contribution in [0.5, 0.6) is 17.2 Å². The van der Waals surface area contributed by atoms with Crippen molar-refractivity contribution in [1.29, 1.82) is 0 Å². The van der Waals surface area contributed by atoms with E-state index in [9.17, 15) is 29.9 Å². The van der Waals surface area contributed by atoms with Gasteiger partial charge >= 0.3 is 11.3 Å². The van der Waals surface area contributed by atoms with Crippen LogP contribution in [0.2, 0.25) is 0 Å². The molecular weight excluding hydrogens is 434 g/mol. The van der Waals surface area contributed by atoms with Gasteiger partial charge in [0.25, 0.3) is 0 Å². The van der Waals surface area contributed by atoms with E-state index >= 15 is 0 Å². The lowest BCUT2D eigenvalue weighted by molar-refractivity contribution is -0.388. The molecule has 1 aromatic heterocycles. The Morgan fingerprint density at radius 3 is 2.58 bits per heavy atom. The van der Waals surface area contributed by atoms with Gasteiger partial charge in [-0.25, -0.2) is 4.79 Å². The molecule has 1 atom stereocenters. The molecular formula is C23H23NO9. The van der Waals surface area contributed by atoms with Crippen molar-refractivity contribution in [2.75, 3.05) is 13.2 Å². The van der Waals surface area contributed by atoms with Crippen molar-refractivity contribution in [2.24, 2.45) is 0 Å². The van der Waals surface area contributed by atoms with Crippen LogP contribution < -0.4 is 15.1 Å². The Bertz CT molecular complexity index is 1250. The summed E-state index contributed by atoms with van der Waals surface area (Å²) in [5.41, 5.74) is -0.955. The standard InChI is InChI=1S/C23H23NO9/c1-3-4-15-9-14(13(2)25)5-8-19(15)32-12-16(26)11-31-17-6-7-18-20(10-17)33-23(28)21(22(18)27)24(29)30/h5-10,16,26-27H,3-4,11-12H2,1-2H3. The SMILES string of the molecule is CCCc1cc(C(C)=O)ccc1OCC(O)COc1ccc2c(O)c([N+](=O)[O-])c(=O)oc2c1. The minimum absolute atomic E-state index is 0.0185. The van der Waals surface area contributed by atoms with Gasteiger partial charge in [0.05, 0.1) is 10.3 Å². The predicted octanol–water partition coefficient (Wildman–Crippen LogP) is 3.38. The molecule has 0 aliphatic heterocycles. The van der Waals surface area contributed by atoms with E-state index in [4.69, 9.17) is 13.9 Å². The Morgan fingerprint density at radius 2 is 1.91 bits per heavy atom. The van der Waals surface area contributed by atoms with Crippen LogP contribution in [0.15, 0.2) is 45.6 Å². The fraction of sp³-hybridized carbons (Fsp3) is 0.304. The molecule has 3 aromatic rings. The van der Waals surface area contributed by atoms with Gasteiger partial charge in [0, 0.05) is 11.6 Å². The molecule has 1 heterocycles. The van der Waals surface area contributed by atoms with E-state index < -0.39 is 28.1 Å². The number of ketones is 1. The zero-order valence-electron chi connectivity index (χ0n) is 18.1.